The van der Waals surface area contributed by atoms with Crippen molar-refractivity contribution in [1.82, 2.24) is 0 Å². The van der Waals surface area contributed by atoms with Gasteiger partial charge in [0.1, 0.15) is 6.17 Å². The van der Waals surface area contributed by atoms with Crippen molar-refractivity contribution in [3.05, 3.63) is 47.5 Å². The molecule has 0 spiro atoms. The lowest BCUT2D eigenvalue weighted by Crippen LogP contribution is -2.30. The molecule has 0 radical (unpaired) electrons. The topological polar surface area (TPSA) is 0 Å². The van der Waals surface area contributed by atoms with Gasteiger partial charge < -0.3 is 0 Å². The molecule has 88 valence electrons. The Labute approximate surface area is 97.1 Å². The molecule has 0 N–H and O–H groups in total. The molecule has 0 saturated heterocycles. The first-order valence-corrected chi connectivity index (χ1v) is 5.61. The van der Waals surface area contributed by atoms with E-state index in [1.54, 1.807) is 12.1 Å². The molecule has 0 bridgehead atoms. The summed E-state index contributed by atoms with van der Waals surface area (Å²) in [5.41, 5.74) is 0.905. The van der Waals surface area contributed by atoms with Crippen molar-refractivity contribution in [3.8, 4) is 0 Å². The largest absolute Gasteiger partial charge is 0.244 e. The minimum atomic E-state index is -2.04. The molecule has 0 amide bonds. The summed E-state index contributed by atoms with van der Waals surface area (Å²) >= 11 is 0. The number of hydrogen-bond acceptors (Lipinski definition) is 0. The number of halogens is 3. The zero-order valence-electron chi connectivity index (χ0n) is 9.04. The van der Waals surface area contributed by atoms with Crippen molar-refractivity contribution in [2.45, 2.75) is 24.9 Å². The number of alkyl halides is 3. The standard InChI is InChI=1S/C14H11F3/c15-12-7-11-9-4-2-1-3-8(9)5-6-10(11)13(16)14(12)17/h1-6,12-14H,7H2. The molecule has 3 atom stereocenters. The Balaban J connectivity index is 2.27. The number of hydrogen-bond donors (Lipinski definition) is 0. The highest BCUT2D eigenvalue weighted by molar-refractivity contribution is 5.87. The van der Waals surface area contributed by atoms with Gasteiger partial charge in [0.15, 0.2) is 12.3 Å². The summed E-state index contributed by atoms with van der Waals surface area (Å²) in [6.07, 6.45) is -5.68. The summed E-state index contributed by atoms with van der Waals surface area (Å²) < 4.78 is 40.5. The van der Waals surface area contributed by atoms with Crippen LogP contribution in [0.15, 0.2) is 36.4 Å². The summed E-state index contributed by atoms with van der Waals surface area (Å²) in [5.74, 6) is 0. The molecule has 3 rings (SSSR count). The number of fused-ring (bicyclic) bond motifs is 3. The van der Waals surface area contributed by atoms with Crippen molar-refractivity contribution in [2.24, 2.45) is 0 Å². The molecule has 1 aliphatic carbocycles. The fourth-order valence-corrected chi connectivity index (χ4v) is 2.50. The van der Waals surface area contributed by atoms with Gasteiger partial charge in [-0.15, -0.1) is 0 Å². The first-order valence-electron chi connectivity index (χ1n) is 5.61. The van der Waals surface area contributed by atoms with Crippen LogP contribution in [0.5, 0.6) is 0 Å². The van der Waals surface area contributed by atoms with Gasteiger partial charge in [0.05, 0.1) is 0 Å². The number of rotatable bonds is 0. The lowest BCUT2D eigenvalue weighted by molar-refractivity contribution is 0.0706. The Kier molecular flexibility index (Phi) is 2.35. The Hall–Kier alpha value is -1.51. The second kappa shape index (κ2) is 3.76. The smallest absolute Gasteiger partial charge is 0.167 e. The zero-order chi connectivity index (χ0) is 12.0. The zero-order valence-corrected chi connectivity index (χ0v) is 9.04. The Morgan fingerprint density at radius 3 is 2.53 bits per heavy atom. The lowest BCUT2D eigenvalue weighted by atomic mass is 9.84. The minimum Gasteiger partial charge on any atom is -0.244 e. The van der Waals surface area contributed by atoms with Crippen LogP contribution in [-0.4, -0.2) is 12.3 Å². The summed E-state index contributed by atoms with van der Waals surface area (Å²) in [5, 5.41) is 1.75. The van der Waals surface area contributed by atoms with Gasteiger partial charge in [-0.25, -0.2) is 13.2 Å². The first-order chi connectivity index (χ1) is 8.18. The van der Waals surface area contributed by atoms with Gasteiger partial charge in [-0.3, -0.25) is 0 Å². The molecule has 2 aromatic rings. The van der Waals surface area contributed by atoms with Crippen LogP contribution in [0.2, 0.25) is 0 Å². The van der Waals surface area contributed by atoms with Gasteiger partial charge in [-0.2, -0.15) is 0 Å². The molecule has 3 unspecified atom stereocenters. The summed E-state index contributed by atoms with van der Waals surface area (Å²) in [4.78, 5) is 0. The predicted octanol–water partition coefficient (Wildman–Crippen LogP) is 4.08. The van der Waals surface area contributed by atoms with Crippen molar-refractivity contribution in [1.29, 1.82) is 0 Å². The Bertz CT molecular complexity index is 564. The van der Waals surface area contributed by atoms with E-state index in [1.807, 2.05) is 24.3 Å². The van der Waals surface area contributed by atoms with Crippen LogP contribution in [0.4, 0.5) is 13.2 Å². The molecule has 0 aliphatic heterocycles. The van der Waals surface area contributed by atoms with Crippen LogP contribution in [0.3, 0.4) is 0 Å². The second-order valence-electron chi connectivity index (χ2n) is 4.42. The molecule has 3 heteroatoms. The Morgan fingerprint density at radius 2 is 1.71 bits per heavy atom. The number of benzene rings is 2. The van der Waals surface area contributed by atoms with E-state index in [4.69, 9.17) is 0 Å². The second-order valence-corrected chi connectivity index (χ2v) is 4.42. The van der Waals surface area contributed by atoms with Gasteiger partial charge in [0.2, 0.25) is 0 Å². The molecule has 0 aromatic heterocycles. The minimum absolute atomic E-state index is 0.0434. The third-order valence-corrected chi connectivity index (χ3v) is 3.40. The molecule has 0 heterocycles. The maximum Gasteiger partial charge on any atom is 0.167 e. The summed E-state index contributed by atoms with van der Waals surface area (Å²) in [6, 6.07) is 10.7. The third-order valence-electron chi connectivity index (χ3n) is 3.40. The van der Waals surface area contributed by atoms with E-state index in [9.17, 15) is 13.2 Å². The highest BCUT2D eigenvalue weighted by atomic mass is 19.2. The fraction of sp³-hybridized carbons (Fsp3) is 0.286. The molecular formula is C14H11F3. The highest BCUT2D eigenvalue weighted by Crippen LogP contribution is 2.39. The van der Waals surface area contributed by atoms with E-state index < -0.39 is 18.5 Å². The van der Waals surface area contributed by atoms with Crippen LogP contribution in [0.1, 0.15) is 17.3 Å². The highest BCUT2D eigenvalue weighted by Gasteiger charge is 2.38. The van der Waals surface area contributed by atoms with Crippen LogP contribution < -0.4 is 0 Å². The van der Waals surface area contributed by atoms with Crippen LogP contribution in [0.25, 0.3) is 10.8 Å². The average Bonchev–Trinajstić information content (AvgIpc) is 2.36. The molecule has 0 fully saturated rings. The maximum absolute atomic E-state index is 13.7. The predicted molar refractivity (Wildman–Crippen MR) is 61.3 cm³/mol. The maximum atomic E-state index is 13.7. The van der Waals surface area contributed by atoms with Gasteiger partial charge >= 0.3 is 0 Å². The molecule has 1 aliphatic rings. The fourth-order valence-electron chi connectivity index (χ4n) is 2.50. The Morgan fingerprint density at radius 1 is 0.941 bits per heavy atom. The van der Waals surface area contributed by atoms with Crippen molar-refractivity contribution < 1.29 is 13.2 Å². The van der Waals surface area contributed by atoms with E-state index in [0.29, 0.717) is 11.1 Å². The first kappa shape index (κ1) is 10.6. The van der Waals surface area contributed by atoms with Crippen LogP contribution >= 0.6 is 0 Å². The van der Waals surface area contributed by atoms with Crippen molar-refractivity contribution in [3.63, 3.8) is 0 Å². The van der Waals surface area contributed by atoms with Gasteiger partial charge in [0, 0.05) is 6.42 Å². The van der Waals surface area contributed by atoms with Crippen LogP contribution in [-0.2, 0) is 6.42 Å². The van der Waals surface area contributed by atoms with Gasteiger partial charge in [0.25, 0.3) is 0 Å². The molecular weight excluding hydrogens is 225 g/mol. The quantitative estimate of drug-likeness (QED) is 0.646. The van der Waals surface area contributed by atoms with E-state index in [-0.39, 0.29) is 6.42 Å². The van der Waals surface area contributed by atoms with Gasteiger partial charge in [-0.1, -0.05) is 36.4 Å². The van der Waals surface area contributed by atoms with Gasteiger partial charge in [-0.05, 0) is 21.9 Å². The lowest BCUT2D eigenvalue weighted by Gasteiger charge is -2.27. The third kappa shape index (κ3) is 1.53. The summed E-state index contributed by atoms with van der Waals surface area (Å²) in [7, 11) is 0. The molecule has 2 aromatic carbocycles. The van der Waals surface area contributed by atoms with E-state index in [1.165, 1.54) is 0 Å². The van der Waals surface area contributed by atoms with E-state index in [0.717, 1.165) is 10.8 Å². The molecule has 0 nitrogen and oxygen atoms in total. The summed E-state index contributed by atoms with van der Waals surface area (Å²) in [6.45, 7) is 0. The monoisotopic (exact) mass is 236 g/mol. The van der Waals surface area contributed by atoms with Crippen molar-refractivity contribution in [2.75, 3.05) is 0 Å². The van der Waals surface area contributed by atoms with E-state index in [2.05, 4.69) is 0 Å². The molecule has 0 saturated carbocycles. The SMILES string of the molecule is FC1Cc2c(ccc3ccccc23)C(F)C1F. The van der Waals surface area contributed by atoms with Crippen LogP contribution in [0, 0.1) is 0 Å². The van der Waals surface area contributed by atoms with Crippen molar-refractivity contribution >= 4 is 10.8 Å². The van der Waals surface area contributed by atoms with E-state index >= 15 is 0 Å². The average molecular weight is 236 g/mol. The normalized spacial score (nSPS) is 28.1. The molecule has 17 heavy (non-hydrogen) atoms.